The Kier molecular flexibility index (Phi) is 6.02. The van der Waals surface area contributed by atoms with Crippen LogP contribution in [0.15, 0.2) is 24.3 Å². The standard InChI is InChI=1S/C14H16BrClO4/c1-4-19-13(18)14(2,3)11(17)12(15)20-10-7-5-9(16)6-8-10/h5-8,12H,4H2,1-3H3. The van der Waals surface area contributed by atoms with Crippen molar-refractivity contribution < 1.29 is 19.1 Å². The Morgan fingerprint density at radius 2 is 1.85 bits per heavy atom. The predicted molar refractivity (Wildman–Crippen MR) is 80.2 cm³/mol. The van der Waals surface area contributed by atoms with Crippen molar-refractivity contribution in [3.8, 4) is 5.75 Å². The number of benzene rings is 1. The lowest BCUT2D eigenvalue weighted by Crippen LogP contribution is -2.41. The highest BCUT2D eigenvalue weighted by atomic mass is 79.9. The van der Waals surface area contributed by atoms with Gasteiger partial charge in [0.1, 0.15) is 11.2 Å². The molecular formula is C14H16BrClO4. The second-order valence-electron chi connectivity index (χ2n) is 4.60. The minimum Gasteiger partial charge on any atom is -0.471 e. The quantitative estimate of drug-likeness (QED) is 0.440. The molecule has 0 aliphatic rings. The Balaban J connectivity index is 2.75. The van der Waals surface area contributed by atoms with Crippen molar-refractivity contribution in [2.24, 2.45) is 5.41 Å². The highest BCUT2D eigenvalue weighted by Gasteiger charge is 2.41. The summed E-state index contributed by atoms with van der Waals surface area (Å²) in [6.45, 7) is 4.93. The van der Waals surface area contributed by atoms with Crippen molar-refractivity contribution >= 4 is 39.3 Å². The number of carbonyl (C=O) groups is 2. The van der Waals surface area contributed by atoms with Crippen molar-refractivity contribution in [3.05, 3.63) is 29.3 Å². The Hall–Kier alpha value is -1.07. The van der Waals surface area contributed by atoms with Gasteiger partial charge in [-0.25, -0.2) is 0 Å². The molecule has 0 bridgehead atoms. The van der Waals surface area contributed by atoms with Gasteiger partial charge >= 0.3 is 5.97 Å². The molecule has 0 radical (unpaired) electrons. The molecule has 0 aliphatic heterocycles. The number of carbonyl (C=O) groups excluding carboxylic acids is 2. The smallest absolute Gasteiger partial charge is 0.319 e. The number of esters is 1. The fraction of sp³-hybridized carbons (Fsp3) is 0.429. The van der Waals surface area contributed by atoms with E-state index in [1.165, 1.54) is 13.8 Å². The summed E-state index contributed by atoms with van der Waals surface area (Å²) in [5.74, 6) is -0.510. The van der Waals surface area contributed by atoms with Gasteiger partial charge in [0.2, 0.25) is 10.8 Å². The van der Waals surface area contributed by atoms with E-state index >= 15 is 0 Å². The molecule has 0 N–H and O–H groups in total. The summed E-state index contributed by atoms with van der Waals surface area (Å²) in [6, 6.07) is 6.58. The summed E-state index contributed by atoms with van der Waals surface area (Å²) in [5.41, 5.74) is -1.28. The lowest BCUT2D eigenvalue weighted by atomic mass is 9.88. The van der Waals surface area contributed by atoms with Gasteiger partial charge in [-0.1, -0.05) is 11.6 Å². The van der Waals surface area contributed by atoms with Crippen LogP contribution in [0, 0.1) is 5.41 Å². The molecule has 0 amide bonds. The normalized spacial score (nSPS) is 12.7. The van der Waals surface area contributed by atoms with Crippen LogP contribution in [0.25, 0.3) is 0 Å². The van der Waals surface area contributed by atoms with Gasteiger partial charge in [-0.2, -0.15) is 0 Å². The first-order chi connectivity index (χ1) is 9.28. The number of Topliss-reactive ketones (excluding diaryl/α,β-unsaturated/α-hetero) is 1. The summed E-state index contributed by atoms with van der Waals surface area (Å²) in [6.07, 6.45) is 0. The third-order valence-corrected chi connectivity index (χ3v) is 3.52. The van der Waals surface area contributed by atoms with E-state index in [1.54, 1.807) is 31.2 Å². The van der Waals surface area contributed by atoms with Gasteiger partial charge in [0.05, 0.1) is 6.61 Å². The van der Waals surface area contributed by atoms with Gasteiger partial charge in [0.15, 0.2) is 0 Å². The zero-order valence-electron chi connectivity index (χ0n) is 11.5. The Bertz CT molecular complexity index is 484. The molecule has 4 nitrogen and oxygen atoms in total. The number of rotatable bonds is 6. The zero-order chi connectivity index (χ0) is 15.3. The molecule has 0 aromatic heterocycles. The van der Waals surface area contributed by atoms with Gasteiger partial charge in [-0.15, -0.1) is 0 Å². The minimum atomic E-state index is -1.28. The first-order valence-electron chi connectivity index (χ1n) is 6.07. The van der Waals surface area contributed by atoms with Crippen LogP contribution in [0.5, 0.6) is 5.75 Å². The first-order valence-corrected chi connectivity index (χ1v) is 7.36. The van der Waals surface area contributed by atoms with Gasteiger partial charge < -0.3 is 9.47 Å². The zero-order valence-corrected chi connectivity index (χ0v) is 13.8. The van der Waals surface area contributed by atoms with Gasteiger partial charge in [-0.05, 0) is 61.0 Å². The molecule has 0 spiro atoms. The number of alkyl halides is 1. The van der Waals surface area contributed by atoms with E-state index in [0.717, 1.165) is 0 Å². The third kappa shape index (κ3) is 4.21. The summed E-state index contributed by atoms with van der Waals surface area (Å²) in [7, 11) is 0. The van der Waals surface area contributed by atoms with Crippen LogP contribution in [0.1, 0.15) is 20.8 Å². The molecule has 0 saturated heterocycles. The summed E-state index contributed by atoms with van der Waals surface area (Å²) in [4.78, 5) is 24.0. The SMILES string of the molecule is CCOC(=O)C(C)(C)C(=O)C(Br)Oc1ccc(Cl)cc1. The Morgan fingerprint density at radius 1 is 1.30 bits per heavy atom. The number of ketones is 1. The Morgan fingerprint density at radius 3 is 2.35 bits per heavy atom. The first kappa shape index (κ1) is 17.0. The maximum absolute atomic E-state index is 12.3. The van der Waals surface area contributed by atoms with Crippen LogP contribution >= 0.6 is 27.5 Å². The van der Waals surface area contributed by atoms with Crippen molar-refractivity contribution in [3.63, 3.8) is 0 Å². The topological polar surface area (TPSA) is 52.6 Å². The average Bonchev–Trinajstić information content (AvgIpc) is 2.40. The number of halogens is 2. The van der Waals surface area contributed by atoms with Crippen LogP contribution in [0.4, 0.5) is 0 Å². The largest absolute Gasteiger partial charge is 0.471 e. The predicted octanol–water partition coefficient (Wildman–Crippen LogP) is 3.60. The molecule has 0 fully saturated rings. The lowest BCUT2D eigenvalue weighted by molar-refractivity contribution is -0.158. The fourth-order valence-corrected chi connectivity index (χ4v) is 2.30. The monoisotopic (exact) mass is 362 g/mol. The second kappa shape index (κ2) is 7.09. The maximum Gasteiger partial charge on any atom is 0.319 e. The van der Waals surface area contributed by atoms with Gasteiger partial charge in [-0.3, -0.25) is 9.59 Å². The van der Waals surface area contributed by atoms with Crippen LogP contribution in [0.3, 0.4) is 0 Å². The van der Waals surface area contributed by atoms with E-state index in [4.69, 9.17) is 21.1 Å². The molecule has 0 heterocycles. The molecule has 1 atom stereocenters. The summed E-state index contributed by atoms with van der Waals surface area (Å²) < 4.78 is 10.3. The fourth-order valence-electron chi connectivity index (χ4n) is 1.38. The second-order valence-corrected chi connectivity index (χ2v) is 5.87. The van der Waals surface area contributed by atoms with Gasteiger partial charge in [0.25, 0.3) is 0 Å². The number of hydrogen-bond acceptors (Lipinski definition) is 4. The summed E-state index contributed by atoms with van der Waals surface area (Å²) in [5, 5.41) is -0.371. The molecule has 1 aromatic rings. The highest BCUT2D eigenvalue weighted by molar-refractivity contribution is 9.09. The van der Waals surface area contributed by atoms with Crippen molar-refractivity contribution in [1.29, 1.82) is 0 Å². The lowest BCUT2D eigenvalue weighted by Gasteiger charge is -2.23. The molecule has 6 heteroatoms. The highest BCUT2D eigenvalue weighted by Crippen LogP contribution is 2.26. The average molecular weight is 364 g/mol. The van der Waals surface area contributed by atoms with Crippen molar-refractivity contribution in [2.45, 2.75) is 25.8 Å². The minimum absolute atomic E-state index is 0.223. The maximum atomic E-state index is 12.3. The molecule has 20 heavy (non-hydrogen) atoms. The van der Waals surface area contributed by atoms with Crippen molar-refractivity contribution in [1.82, 2.24) is 0 Å². The van der Waals surface area contributed by atoms with E-state index in [-0.39, 0.29) is 6.61 Å². The Labute approximate surface area is 131 Å². The van der Waals surface area contributed by atoms with Crippen LogP contribution < -0.4 is 4.74 Å². The van der Waals surface area contributed by atoms with E-state index in [1.807, 2.05) is 0 Å². The molecule has 1 aromatic carbocycles. The van der Waals surface area contributed by atoms with Crippen LogP contribution in [0.2, 0.25) is 5.02 Å². The molecule has 0 aliphatic carbocycles. The van der Waals surface area contributed by atoms with Crippen molar-refractivity contribution in [2.75, 3.05) is 6.61 Å². The molecule has 1 unspecified atom stereocenters. The summed E-state index contributed by atoms with van der Waals surface area (Å²) >= 11 is 8.91. The van der Waals surface area contributed by atoms with Crippen LogP contribution in [-0.4, -0.2) is 23.4 Å². The molecular weight excluding hydrogens is 348 g/mol. The van der Waals surface area contributed by atoms with E-state index in [2.05, 4.69) is 15.9 Å². The van der Waals surface area contributed by atoms with Gasteiger partial charge in [0, 0.05) is 5.02 Å². The molecule has 0 saturated carbocycles. The number of hydrogen-bond donors (Lipinski definition) is 0. The molecule has 110 valence electrons. The van der Waals surface area contributed by atoms with E-state index in [0.29, 0.717) is 10.8 Å². The molecule has 1 rings (SSSR count). The van der Waals surface area contributed by atoms with Crippen LogP contribution in [-0.2, 0) is 14.3 Å². The van der Waals surface area contributed by atoms with E-state index in [9.17, 15) is 9.59 Å². The number of ether oxygens (including phenoxy) is 2. The third-order valence-electron chi connectivity index (χ3n) is 2.66. The van der Waals surface area contributed by atoms with E-state index < -0.39 is 22.2 Å².